The van der Waals surface area contributed by atoms with Gasteiger partial charge >= 0.3 is 35.8 Å². The molecule has 0 heterocycles. The highest BCUT2D eigenvalue weighted by atomic mass is 16.6. The van der Waals surface area contributed by atoms with Crippen molar-refractivity contribution in [2.24, 2.45) is 0 Å². The van der Waals surface area contributed by atoms with Crippen LogP contribution in [0.25, 0.3) is 0 Å². The van der Waals surface area contributed by atoms with Crippen LogP contribution in [0.15, 0.2) is 0 Å². The van der Waals surface area contributed by atoms with Gasteiger partial charge in [-0.25, -0.2) is 0 Å². The average Bonchev–Trinajstić information content (AvgIpc) is 2.77. The van der Waals surface area contributed by atoms with E-state index < -0.39 is 54.1 Å². The van der Waals surface area contributed by atoms with Gasteiger partial charge < -0.3 is 32.9 Å². The number of carbonyl (C=O) groups excluding carboxylic acids is 6. The highest BCUT2D eigenvalue weighted by Gasteiger charge is 2.40. The van der Waals surface area contributed by atoms with Crippen molar-refractivity contribution in [3.8, 4) is 0 Å². The third-order valence-corrected chi connectivity index (χ3v) is 5.17. The molecular formula is C25H42NO12+. The molecule has 0 aliphatic carbocycles. The Morgan fingerprint density at radius 1 is 0.526 bits per heavy atom. The van der Waals surface area contributed by atoms with Crippen molar-refractivity contribution < 1.29 is 61.7 Å². The van der Waals surface area contributed by atoms with Gasteiger partial charge in [-0.05, 0) is 6.42 Å². The fourth-order valence-corrected chi connectivity index (χ4v) is 3.99. The first-order chi connectivity index (χ1) is 17.7. The number of hydrogen-bond acceptors (Lipinski definition) is 12. The maximum atomic E-state index is 11.9. The topological polar surface area (TPSA) is 158 Å². The molecule has 0 radical (unpaired) electrons. The first-order valence-corrected chi connectivity index (χ1v) is 12.4. The van der Waals surface area contributed by atoms with Crippen LogP contribution in [0.5, 0.6) is 0 Å². The van der Waals surface area contributed by atoms with Gasteiger partial charge in [0.1, 0.15) is 39.5 Å². The molecule has 0 N–H and O–H groups in total. The first-order valence-electron chi connectivity index (χ1n) is 12.4. The minimum atomic E-state index is -0.910. The second kappa shape index (κ2) is 18.1. The van der Waals surface area contributed by atoms with E-state index in [0.717, 1.165) is 6.42 Å². The van der Waals surface area contributed by atoms with E-state index in [4.69, 9.17) is 28.4 Å². The molecule has 0 saturated carbocycles. The van der Waals surface area contributed by atoms with Crippen LogP contribution in [0.1, 0.15) is 61.3 Å². The van der Waals surface area contributed by atoms with E-state index >= 15 is 0 Å². The zero-order chi connectivity index (χ0) is 29.3. The largest absolute Gasteiger partial charge is 0.462 e. The Bertz CT molecular complexity index is 714. The number of esters is 6. The quantitative estimate of drug-likeness (QED) is 0.137. The normalized spacial score (nSPS) is 14.6. The Labute approximate surface area is 223 Å². The predicted octanol–water partition coefficient (Wildman–Crippen LogP) is 1.09. The van der Waals surface area contributed by atoms with E-state index in [0.29, 0.717) is 13.0 Å². The number of ether oxygens (including phenoxy) is 6. The van der Waals surface area contributed by atoms with Crippen molar-refractivity contribution in [3.05, 3.63) is 0 Å². The summed E-state index contributed by atoms with van der Waals surface area (Å²) in [7, 11) is 0. The van der Waals surface area contributed by atoms with Crippen LogP contribution >= 0.6 is 0 Å². The van der Waals surface area contributed by atoms with Gasteiger partial charge in [-0.3, -0.25) is 28.8 Å². The molecule has 13 heteroatoms. The molecular weight excluding hydrogens is 506 g/mol. The van der Waals surface area contributed by atoms with Crippen molar-refractivity contribution in [3.63, 3.8) is 0 Å². The molecule has 0 aromatic carbocycles. The molecule has 0 aliphatic rings. The number of hydrogen-bond donors (Lipinski definition) is 0. The van der Waals surface area contributed by atoms with Gasteiger partial charge in [0.05, 0.1) is 6.54 Å². The van der Waals surface area contributed by atoms with E-state index in [2.05, 4.69) is 0 Å². The Morgan fingerprint density at radius 2 is 0.816 bits per heavy atom. The Morgan fingerprint density at radius 3 is 1.03 bits per heavy atom. The summed E-state index contributed by atoms with van der Waals surface area (Å²) in [6.45, 7) is 9.12. The van der Waals surface area contributed by atoms with Gasteiger partial charge in [0, 0.05) is 41.5 Å². The van der Waals surface area contributed by atoms with Crippen molar-refractivity contribution in [2.75, 3.05) is 46.0 Å². The number of rotatable bonds is 18. The summed E-state index contributed by atoms with van der Waals surface area (Å²) >= 11 is 0. The lowest BCUT2D eigenvalue weighted by Crippen LogP contribution is -2.62. The standard InChI is InChI=1S/C25H42NO12/c1-8-9-10-26(11-23(36-20(5)30)14-33-17(2)27,12-24(37-21(6)31)15-34-18(3)28)13-25(38-22(7)32)16-35-19(4)29/h23-25H,8-16H2,1-7H3/q+1. The van der Waals surface area contributed by atoms with Crippen LogP contribution in [-0.4, -0.2) is 105 Å². The lowest BCUT2D eigenvalue weighted by atomic mass is 10.1. The van der Waals surface area contributed by atoms with Crippen LogP contribution < -0.4 is 0 Å². The third kappa shape index (κ3) is 17.3. The van der Waals surface area contributed by atoms with E-state index in [1.807, 2.05) is 6.92 Å². The van der Waals surface area contributed by atoms with E-state index in [9.17, 15) is 28.8 Å². The van der Waals surface area contributed by atoms with Crippen LogP contribution in [0.3, 0.4) is 0 Å². The highest BCUT2D eigenvalue weighted by molar-refractivity contribution is 5.68. The maximum absolute atomic E-state index is 11.9. The Balaban J connectivity index is 6.55. The lowest BCUT2D eigenvalue weighted by molar-refractivity contribution is -0.936. The van der Waals surface area contributed by atoms with Crippen LogP contribution in [0, 0.1) is 0 Å². The van der Waals surface area contributed by atoms with Gasteiger partial charge in [0.15, 0.2) is 18.3 Å². The predicted molar refractivity (Wildman–Crippen MR) is 131 cm³/mol. The molecule has 0 aromatic rings. The number of nitrogens with zero attached hydrogens (tertiary/aromatic N) is 1. The molecule has 3 unspecified atom stereocenters. The second-order valence-electron chi connectivity index (χ2n) is 9.07. The second-order valence-corrected chi connectivity index (χ2v) is 9.07. The molecule has 0 fully saturated rings. The molecule has 0 aliphatic heterocycles. The third-order valence-electron chi connectivity index (χ3n) is 5.17. The van der Waals surface area contributed by atoms with Crippen molar-refractivity contribution in [1.29, 1.82) is 0 Å². The summed E-state index contributed by atoms with van der Waals surface area (Å²) < 4.78 is 31.7. The van der Waals surface area contributed by atoms with Crippen LogP contribution in [0.4, 0.5) is 0 Å². The van der Waals surface area contributed by atoms with Gasteiger partial charge in [-0.15, -0.1) is 0 Å². The van der Waals surface area contributed by atoms with Crippen molar-refractivity contribution in [1.82, 2.24) is 0 Å². The lowest BCUT2D eigenvalue weighted by Gasteiger charge is -2.43. The minimum absolute atomic E-state index is 0.0193. The van der Waals surface area contributed by atoms with Crippen LogP contribution in [-0.2, 0) is 57.2 Å². The number of carbonyl (C=O) groups is 6. The van der Waals surface area contributed by atoms with E-state index in [-0.39, 0.29) is 43.9 Å². The van der Waals surface area contributed by atoms with E-state index in [1.54, 1.807) is 0 Å². The van der Waals surface area contributed by atoms with Crippen molar-refractivity contribution >= 4 is 35.8 Å². The summed E-state index contributed by atoms with van der Waals surface area (Å²) in [6.07, 6.45) is -1.32. The zero-order valence-electron chi connectivity index (χ0n) is 23.4. The smallest absolute Gasteiger partial charge is 0.303 e. The molecule has 218 valence electrons. The summed E-state index contributed by atoms with van der Waals surface area (Å²) in [5.74, 6) is -3.55. The molecule has 3 atom stereocenters. The maximum Gasteiger partial charge on any atom is 0.303 e. The monoisotopic (exact) mass is 548 g/mol. The van der Waals surface area contributed by atoms with Gasteiger partial charge in [0.25, 0.3) is 0 Å². The molecule has 38 heavy (non-hydrogen) atoms. The molecule has 0 bridgehead atoms. The van der Waals surface area contributed by atoms with Gasteiger partial charge in [-0.2, -0.15) is 0 Å². The Kier molecular flexibility index (Phi) is 16.6. The van der Waals surface area contributed by atoms with Gasteiger partial charge in [-0.1, -0.05) is 13.3 Å². The SMILES string of the molecule is CCCC[N+](CC(COC(C)=O)OC(C)=O)(CC(COC(C)=O)OC(C)=O)CC(COC(C)=O)OC(C)=O. The molecule has 0 rings (SSSR count). The molecule has 0 amide bonds. The summed E-state index contributed by atoms with van der Waals surface area (Å²) in [5.41, 5.74) is 0. The summed E-state index contributed by atoms with van der Waals surface area (Å²) in [5, 5.41) is 0. The highest BCUT2D eigenvalue weighted by Crippen LogP contribution is 2.20. The summed E-state index contributed by atoms with van der Waals surface area (Å²) in [6, 6.07) is 0. The summed E-state index contributed by atoms with van der Waals surface area (Å²) in [4.78, 5) is 70.1. The molecule has 0 spiro atoms. The number of quaternary nitrogens is 1. The molecule has 0 saturated heterocycles. The van der Waals surface area contributed by atoms with Crippen LogP contribution in [0.2, 0.25) is 0 Å². The first kappa shape index (κ1) is 34.8. The zero-order valence-corrected chi connectivity index (χ0v) is 23.4. The van der Waals surface area contributed by atoms with Gasteiger partial charge in [0.2, 0.25) is 0 Å². The molecule has 13 nitrogen and oxygen atoms in total. The van der Waals surface area contributed by atoms with E-state index in [1.165, 1.54) is 41.5 Å². The fourth-order valence-electron chi connectivity index (χ4n) is 3.99. The minimum Gasteiger partial charge on any atom is -0.462 e. The number of unbranched alkanes of at least 4 members (excludes halogenated alkanes) is 1. The Hall–Kier alpha value is -3.22. The average molecular weight is 549 g/mol. The fraction of sp³-hybridized carbons (Fsp3) is 0.760. The van der Waals surface area contributed by atoms with Crippen molar-refractivity contribution in [2.45, 2.75) is 79.6 Å². The molecule has 0 aromatic heterocycles.